The highest BCUT2D eigenvalue weighted by Gasteiger charge is 2.10. The molecule has 0 fully saturated rings. The molecule has 0 aliphatic rings. The van der Waals surface area contributed by atoms with Crippen molar-refractivity contribution in [2.45, 2.75) is 0 Å². The van der Waals surface area contributed by atoms with E-state index in [0.717, 1.165) is 0 Å². The maximum atomic E-state index is 13.2. The van der Waals surface area contributed by atoms with Crippen LogP contribution in [0.3, 0.4) is 0 Å². The molecule has 0 spiro atoms. The molecule has 0 radical (unpaired) electrons. The van der Waals surface area contributed by atoms with Gasteiger partial charge in [-0.2, -0.15) is 4.98 Å². The van der Waals surface area contributed by atoms with Gasteiger partial charge in [-0.3, -0.25) is 0 Å². The zero-order chi connectivity index (χ0) is 14.1. The molecule has 6 nitrogen and oxygen atoms in total. The van der Waals surface area contributed by atoms with E-state index in [-0.39, 0.29) is 5.82 Å². The summed E-state index contributed by atoms with van der Waals surface area (Å²) >= 11 is 0. The van der Waals surface area contributed by atoms with Gasteiger partial charge < -0.3 is 15.2 Å². The lowest BCUT2D eigenvalue weighted by atomic mass is 10.3. The Kier molecular flexibility index (Phi) is 2.94. The summed E-state index contributed by atoms with van der Waals surface area (Å²) < 4.78 is 13.2. The van der Waals surface area contributed by atoms with E-state index in [9.17, 15) is 4.39 Å². The van der Waals surface area contributed by atoms with E-state index in [0.29, 0.717) is 28.6 Å². The largest absolute Gasteiger partial charge is 0.348 e. The zero-order valence-electron chi connectivity index (χ0n) is 11.1. The molecule has 0 saturated carbocycles. The van der Waals surface area contributed by atoms with Gasteiger partial charge in [-0.1, -0.05) is 6.07 Å². The van der Waals surface area contributed by atoms with Gasteiger partial charge in [0.05, 0.1) is 0 Å². The average molecular weight is 272 g/mol. The normalized spacial score (nSPS) is 10.8. The minimum absolute atomic E-state index is 0.307. The van der Waals surface area contributed by atoms with Crippen LogP contribution in [0.4, 0.5) is 21.8 Å². The van der Waals surface area contributed by atoms with Crippen LogP contribution in [0.5, 0.6) is 0 Å². The van der Waals surface area contributed by atoms with Crippen LogP contribution < -0.4 is 10.2 Å². The van der Waals surface area contributed by atoms with E-state index in [1.54, 1.807) is 12.1 Å². The Hall–Kier alpha value is -2.70. The molecule has 2 aromatic heterocycles. The molecule has 20 heavy (non-hydrogen) atoms. The number of anilines is 3. The lowest BCUT2D eigenvalue weighted by Crippen LogP contribution is -2.10. The number of imidazole rings is 1. The van der Waals surface area contributed by atoms with Crippen molar-refractivity contribution >= 4 is 28.6 Å². The molecule has 0 bridgehead atoms. The Bertz CT molecular complexity index is 751. The predicted octanol–water partition coefficient (Wildman–Crippen LogP) is 2.30. The lowest BCUT2D eigenvalue weighted by Gasteiger charge is -2.06. The number of halogens is 1. The first-order valence-electron chi connectivity index (χ1n) is 6.04. The summed E-state index contributed by atoms with van der Waals surface area (Å²) in [5.41, 5.74) is 1.86. The van der Waals surface area contributed by atoms with Crippen molar-refractivity contribution < 1.29 is 4.39 Å². The van der Waals surface area contributed by atoms with Crippen molar-refractivity contribution in [1.29, 1.82) is 0 Å². The fourth-order valence-electron chi connectivity index (χ4n) is 1.83. The minimum atomic E-state index is -0.307. The number of hydrogen-bond acceptors (Lipinski definition) is 5. The molecular weight excluding hydrogens is 259 g/mol. The number of H-pyrrole nitrogens is 1. The quantitative estimate of drug-likeness (QED) is 0.765. The number of nitrogens with zero attached hydrogens (tertiary/aromatic N) is 4. The maximum absolute atomic E-state index is 13.2. The Morgan fingerprint density at radius 1 is 1.25 bits per heavy atom. The van der Waals surface area contributed by atoms with Crippen molar-refractivity contribution in [3.05, 3.63) is 36.4 Å². The van der Waals surface area contributed by atoms with Crippen molar-refractivity contribution in [3.8, 4) is 0 Å². The van der Waals surface area contributed by atoms with E-state index in [4.69, 9.17) is 0 Å². The summed E-state index contributed by atoms with van der Waals surface area (Å²) in [4.78, 5) is 17.6. The van der Waals surface area contributed by atoms with E-state index in [1.165, 1.54) is 18.5 Å². The van der Waals surface area contributed by atoms with Gasteiger partial charge in [0.15, 0.2) is 11.5 Å². The smallest absolute Gasteiger partial charge is 0.204 e. The number of benzene rings is 1. The second kappa shape index (κ2) is 4.76. The lowest BCUT2D eigenvalue weighted by molar-refractivity contribution is 0.628. The summed E-state index contributed by atoms with van der Waals surface area (Å²) in [6.07, 6.45) is 1.42. The molecule has 7 heteroatoms. The molecule has 0 atom stereocenters. The monoisotopic (exact) mass is 272 g/mol. The molecule has 2 N–H and O–H groups in total. The van der Waals surface area contributed by atoms with Crippen molar-refractivity contribution in [3.63, 3.8) is 0 Å². The van der Waals surface area contributed by atoms with Crippen LogP contribution in [0.15, 0.2) is 30.6 Å². The minimum Gasteiger partial charge on any atom is -0.348 e. The molecule has 2 heterocycles. The topological polar surface area (TPSA) is 69.7 Å². The first-order valence-corrected chi connectivity index (χ1v) is 6.04. The highest BCUT2D eigenvalue weighted by molar-refractivity contribution is 5.86. The Morgan fingerprint density at radius 2 is 2.10 bits per heavy atom. The first kappa shape index (κ1) is 12.3. The Labute approximate surface area is 114 Å². The third-order valence-corrected chi connectivity index (χ3v) is 2.79. The summed E-state index contributed by atoms with van der Waals surface area (Å²) in [6.45, 7) is 0. The number of nitrogens with one attached hydrogen (secondary N) is 2. The van der Waals surface area contributed by atoms with E-state index < -0.39 is 0 Å². The van der Waals surface area contributed by atoms with Crippen LogP contribution >= 0.6 is 0 Å². The predicted molar refractivity (Wildman–Crippen MR) is 75.7 cm³/mol. The standard InChI is InChI=1S/C13H13FN6/c1-20(2)13-18-10-11(15-7-16-12(10)19-13)17-9-5-3-4-8(14)6-9/h3-7H,1-2H3,(H2,15,16,17,18,19). The third-order valence-electron chi connectivity index (χ3n) is 2.79. The van der Waals surface area contributed by atoms with Gasteiger partial charge in [0.25, 0.3) is 0 Å². The van der Waals surface area contributed by atoms with Gasteiger partial charge in [0, 0.05) is 19.8 Å². The van der Waals surface area contributed by atoms with Gasteiger partial charge in [0.1, 0.15) is 17.7 Å². The fourth-order valence-corrected chi connectivity index (χ4v) is 1.83. The number of rotatable bonds is 3. The SMILES string of the molecule is CN(C)c1nc2ncnc(Nc3cccc(F)c3)c2[nH]1. The molecule has 0 aliphatic carbocycles. The summed E-state index contributed by atoms with van der Waals surface area (Å²) in [5, 5.41) is 3.06. The van der Waals surface area contributed by atoms with Gasteiger partial charge in [-0.25, -0.2) is 14.4 Å². The number of hydrogen-bond donors (Lipinski definition) is 2. The number of aromatic amines is 1. The average Bonchev–Trinajstić information content (AvgIpc) is 2.84. The maximum Gasteiger partial charge on any atom is 0.204 e. The highest BCUT2D eigenvalue weighted by atomic mass is 19.1. The van der Waals surface area contributed by atoms with E-state index in [1.807, 2.05) is 19.0 Å². The van der Waals surface area contributed by atoms with Gasteiger partial charge in [-0.05, 0) is 18.2 Å². The molecule has 0 amide bonds. The molecule has 3 aromatic rings. The van der Waals surface area contributed by atoms with Crippen LogP contribution in [-0.4, -0.2) is 34.0 Å². The van der Waals surface area contributed by atoms with Crippen LogP contribution in [0.25, 0.3) is 11.2 Å². The van der Waals surface area contributed by atoms with Crippen LogP contribution in [-0.2, 0) is 0 Å². The van der Waals surface area contributed by atoms with E-state index in [2.05, 4.69) is 25.3 Å². The molecule has 0 saturated heterocycles. The number of fused-ring (bicyclic) bond motifs is 1. The fraction of sp³-hybridized carbons (Fsp3) is 0.154. The van der Waals surface area contributed by atoms with Crippen LogP contribution in [0, 0.1) is 5.82 Å². The molecule has 3 rings (SSSR count). The summed E-state index contributed by atoms with van der Waals surface area (Å²) in [5.74, 6) is 0.933. The second-order valence-electron chi connectivity index (χ2n) is 4.51. The molecule has 1 aromatic carbocycles. The number of aromatic nitrogens is 4. The zero-order valence-corrected chi connectivity index (χ0v) is 11.1. The summed E-state index contributed by atoms with van der Waals surface area (Å²) in [7, 11) is 3.76. The van der Waals surface area contributed by atoms with Gasteiger partial charge >= 0.3 is 0 Å². The third kappa shape index (κ3) is 2.25. The molecule has 0 aliphatic heterocycles. The van der Waals surface area contributed by atoms with Crippen LogP contribution in [0.1, 0.15) is 0 Å². The Balaban J connectivity index is 2.03. The van der Waals surface area contributed by atoms with E-state index >= 15 is 0 Å². The molecule has 0 unspecified atom stereocenters. The first-order chi connectivity index (χ1) is 9.63. The van der Waals surface area contributed by atoms with Crippen molar-refractivity contribution in [1.82, 2.24) is 19.9 Å². The van der Waals surface area contributed by atoms with Gasteiger partial charge in [0.2, 0.25) is 5.95 Å². The summed E-state index contributed by atoms with van der Waals surface area (Å²) in [6, 6.07) is 6.19. The van der Waals surface area contributed by atoms with Gasteiger partial charge in [-0.15, -0.1) is 0 Å². The Morgan fingerprint density at radius 3 is 2.85 bits per heavy atom. The molecular formula is C13H13FN6. The molecule has 102 valence electrons. The van der Waals surface area contributed by atoms with Crippen molar-refractivity contribution in [2.24, 2.45) is 0 Å². The second-order valence-corrected chi connectivity index (χ2v) is 4.51. The van der Waals surface area contributed by atoms with Crippen LogP contribution in [0.2, 0.25) is 0 Å². The highest BCUT2D eigenvalue weighted by Crippen LogP contribution is 2.23. The van der Waals surface area contributed by atoms with Crippen molar-refractivity contribution in [2.75, 3.05) is 24.3 Å².